The third-order valence-corrected chi connectivity index (χ3v) is 4.65. The van der Waals surface area contributed by atoms with E-state index in [4.69, 9.17) is 14.5 Å². The Morgan fingerprint density at radius 3 is 2.60 bits per heavy atom. The van der Waals surface area contributed by atoms with Crippen molar-refractivity contribution in [1.82, 2.24) is 15.5 Å². The molecule has 0 saturated carbocycles. The summed E-state index contributed by atoms with van der Waals surface area (Å²) in [6, 6.07) is 0. The fraction of sp³-hybridized carbons (Fsp3) is 0.947. The van der Waals surface area contributed by atoms with Crippen LogP contribution in [-0.4, -0.2) is 74.5 Å². The predicted octanol–water partition coefficient (Wildman–Crippen LogP) is 2.00. The number of guanidine groups is 1. The van der Waals surface area contributed by atoms with Gasteiger partial charge in [-0.15, -0.1) is 0 Å². The van der Waals surface area contributed by atoms with E-state index in [0.29, 0.717) is 12.2 Å². The van der Waals surface area contributed by atoms with Gasteiger partial charge in [0.2, 0.25) is 0 Å². The zero-order valence-corrected chi connectivity index (χ0v) is 16.6. The van der Waals surface area contributed by atoms with Crippen molar-refractivity contribution < 1.29 is 9.47 Å². The molecule has 146 valence electrons. The van der Waals surface area contributed by atoms with Crippen LogP contribution >= 0.6 is 0 Å². The molecule has 2 N–H and O–H groups in total. The number of hydrogen-bond donors (Lipinski definition) is 2. The first-order chi connectivity index (χ1) is 12.0. The van der Waals surface area contributed by atoms with Crippen LogP contribution in [0.1, 0.15) is 53.4 Å². The van der Waals surface area contributed by atoms with Crippen molar-refractivity contribution in [3.63, 3.8) is 0 Å². The molecule has 0 aromatic rings. The second-order valence-corrected chi connectivity index (χ2v) is 8.07. The van der Waals surface area contributed by atoms with E-state index in [2.05, 4.69) is 43.2 Å². The van der Waals surface area contributed by atoms with Crippen LogP contribution in [0.5, 0.6) is 0 Å². The summed E-state index contributed by atoms with van der Waals surface area (Å²) in [6.07, 6.45) is 5.16. The largest absolute Gasteiger partial charge is 0.376 e. The minimum Gasteiger partial charge on any atom is -0.376 e. The molecule has 2 fully saturated rings. The Hall–Kier alpha value is -0.850. The fourth-order valence-corrected chi connectivity index (χ4v) is 3.27. The van der Waals surface area contributed by atoms with E-state index in [1.165, 1.54) is 6.42 Å². The minimum absolute atomic E-state index is 0.145. The summed E-state index contributed by atoms with van der Waals surface area (Å²) in [5, 5.41) is 6.92. The average Bonchev–Trinajstić information content (AvgIpc) is 3.09. The molecule has 1 unspecified atom stereocenters. The molecular weight excluding hydrogens is 316 g/mol. The third-order valence-electron chi connectivity index (χ3n) is 4.65. The summed E-state index contributed by atoms with van der Waals surface area (Å²) in [7, 11) is 0. The standard InChI is InChI=1S/C19H38N4O2/c1-5-20-18(21-10-11-22-19(2,3)4)23-12-8-16(9-13-23)25-15-17-7-6-14-24-17/h16-17,22H,5-15H2,1-4H3,(H,20,21). The van der Waals surface area contributed by atoms with Crippen LogP contribution in [0.2, 0.25) is 0 Å². The van der Waals surface area contributed by atoms with Gasteiger partial charge in [0.1, 0.15) is 0 Å². The Morgan fingerprint density at radius 2 is 2.00 bits per heavy atom. The number of nitrogens with zero attached hydrogens (tertiary/aromatic N) is 2. The van der Waals surface area contributed by atoms with E-state index in [1.54, 1.807) is 0 Å². The van der Waals surface area contributed by atoms with E-state index in [9.17, 15) is 0 Å². The molecule has 2 aliphatic heterocycles. The number of nitrogens with one attached hydrogen (secondary N) is 2. The van der Waals surface area contributed by atoms with Gasteiger partial charge >= 0.3 is 0 Å². The highest BCUT2D eigenvalue weighted by atomic mass is 16.5. The van der Waals surface area contributed by atoms with Gasteiger partial charge in [-0.25, -0.2) is 0 Å². The molecule has 6 nitrogen and oxygen atoms in total. The Kier molecular flexibility index (Phi) is 8.46. The zero-order valence-electron chi connectivity index (χ0n) is 16.6. The maximum Gasteiger partial charge on any atom is 0.193 e. The molecule has 0 spiro atoms. The molecule has 1 atom stereocenters. The molecule has 2 rings (SSSR count). The zero-order chi connectivity index (χ0) is 18.1. The first-order valence-electron chi connectivity index (χ1n) is 9.99. The van der Waals surface area contributed by atoms with Gasteiger partial charge in [0.25, 0.3) is 0 Å². The number of aliphatic imine (C=N–C) groups is 1. The van der Waals surface area contributed by atoms with Crippen LogP contribution in [0.3, 0.4) is 0 Å². The van der Waals surface area contributed by atoms with Crippen molar-refractivity contribution in [3.05, 3.63) is 0 Å². The topological polar surface area (TPSA) is 58.1 Å². The maximum atomic E-state index is 6.07. The minimum atomic E-state index is 0.145. The van der Waals surface area contributed by atoms with Gasteiger partial charge in [0.05, 0.1) is 25.4 Å². The van der Waals surface area contributed by atoms with E-state index in [-0.39, 0.29) is 5.54 Å². The molecule has 0 radical (unpaired) electrons. The summed E-state index contributed by atoms with van der Waals surface area (Å²) >= 11 is 0. The van der Waals surface area contributed by atoms with Crippen molar-refractivity contribution in [1.29, 1.82) is 0 Å². The first-order valence-corrected chi connectivity index (χ1v) is 9.99. The monoisotopic (exact) mass is 354 g/mol. The first kappa shape index (κ1) is 20.5. The summed E-state index contributed by atoms with van der Waals surface area (Å²) < 4.78 is 11.7. The van der Waals surface area contributed by atoms with Gasteiger partial charge in [-0.05, 0) is 53.4 Å². The van der Waals surface area contributed by atoms with Gasteiger partial charge in [0, 0.05) is 38.3 Å². The smallest absolute Gasteiger partial charge is 0.193 e. The molecule has 6 heteroatoms. The Balaban J connectivity index is 1.70. The quantitative estimate of drug-likeness (QED) is 0.416. The lowest BCUT2D eigenvalue weighted by Crippen LogP contribution is -2.47. The molecule has 25 heavy (non-hydrogen) atoms. The maximum absolute atomic E-state index is 6.07. The fourth-order valence-electron chi connectivity index (χ4n) is 3.27. The summed E-state index contributed by atoms with van der Waals surface area (Å²) in [4.78, 5) is 7.15. The molecule has 0 aromatic carbocycles. The molecular formula is C19H38N4O2. The van der Waals surface area contributed by atoms with Crippen LogP contribution in [0.25, 0.3) is 0 Å². The summed E-state index contributed by atoms with van der Waals surface area (Å²) in [5.74, 6) is 1.04. The van der Waals surface area contributed by atoms with Crippen molar-refractivity contribution in [2.24, 2.45) is 4.99 Å². The SMILES string of the molecule is CCNC(=NCCNC(C)(C)C)N1CCC(OCC2CCCO2)CC1. The van der Waals surface area contributed by atoms with Gasteiger partial charge in [-0.1, -0.05) is 0 Å². The van der Waals surface area contributed by atoms with Gasteiger partial charge in [-0.3, -0.25) is 4.99 Å². The number of piperidine rings is 1. The highest BCUT2D eigenvalue weighted by Gasteiger charge is 2.24. The number of hydrogen-bond acceptors (Lipinski definition) is 4. The Bertz CT molecular complexity index is 395. The third kappa shape index (κ3) is 7.92. The highest BCUT2D eigenvalue weighted by Crippen LogP contribution is 2.17. The normalized spacial score (nSPS) is 23.3. The number of likely N-dealkylation sites (tertiary alicyclic amines) is 1. The Morgan fingerprint density at radius 1 is 1.24 bits per heavy atom. The molecule has 0 aliphatic carbocycles. The summed E-state index contributed by atoms with van der Waals surface area (Å²) in [5.41, 5.74) is 0.145. The van der Waals surface area contributed by atoms with Crippen LogP contribution in [-0.2, 0) is 9.47 Å². The van der Waals surface area contributed by atoms with E-state index >= 15 is 0 Å². The van der Waals surface area contributed by atoms with Crippen molar-refractivity contribution in [2.45, 2.75) is 71.1 Å². The van der Waals surface area contributed by atoms with Gasteiger partial charge < -0.3 is 25.0 Å². The number of rotatable bonds is 7. The van der Waals surface area contributed by atoms with E-state index < -0.39 is 0 Å². The van der Waals surface area contributed by atoms with Gasteiger partial charge in [0.15, 0.2) is 5.96 Å². The lowest BCUT2D eigenvalue weighted by atomic mass is 10.1. The molecule has 0 bridgehead atoms. The van der Waals surface area contributed by atoms with Crippen LogP contribution in [0.4, 0.5) is 0 Å². The lowest BCUT2D eigenvalue weighted by molar-refractivity contribution is -0.0367. The second kappa shape index (κ2) is 10.3. The second-order valence-electron chi connectivity index (χ2n) is 8.07. The van der Waals surface area contributed by atoms with E-state index in [1.807, 2.05) is 0 Å². The number of ether oxygens (including phenoxy) is 2. The van der Waals surface area contributed by atoms with Crippen molar-refractivity contribution in [2.75, 3.05) is 45.9 Å². The predicted molar refractivity (Wildman–Crippen MR) is 103 cm³/mol. The molecule has 0 amide bonds. The highest BCUT2D eigenvalue weighted by molar-refractivity contribution is 5.80. The van der Waals surface area contributed by atoms with Crippen LogP contribution in [0, 0.1) is 0 Å². The molecule has 2 heterocycles. The average molecular weight is 355 g/mol. The summed E-state index contributed by atoms with van der Waals surface area (Å²) in [6.45, 7) is 15.0. The molecule has 2 aliphatic rings. The molecule has 0 aromatic heterocycles. The lowest BCUT2D eigenvalue weighted by Gasteiger charge is -2.34. The Labute approximate surface area is 153 Å². The van der Waals surface area contributed by atoms with Crippen LogP contribution < -0.4 is 10.6 Å². The van der Waals surface area contributed by atoms with Crippen molar-refractivity contribution >= 4 is 5.96 Å². The van der Waals surface area contributed by atoms with Crippen LogP contribution in [0.15, 0.2) is 4.99 Å². The van der Waals surface area contributed by atoms with E-state index in [0.717, 1.165) is 71.2 Å². The molecule has 2 saturated heterocycles. The van der Waals surface area contributed by atoms with Crippen molar-refractivity contribution in [3.8, 4) is 0 Å². The van der Waals surface area contributed by atoms with Gasteiger partial charge in [-0.2, -0.15) is 0 Å².